The molecule has 2 N–H and O–H groups in total. The second kappa shape index (κ2) is 6.09. The van der Waals surface area contributed by atoms with Gasteiger partial charge in [-0.15, -0.1) is 0 Å². The summed E-state index contributed by atoms with van der Waals surface area (Å²) >= 11 is 6.14. The monoisotopic (exact) mass is 274 g/mol. The van der Waals surface area contributed by atoms with Crippen LogP contribution in [0.1, 0.15) is 30.9 Å². The van der Waals surface area contributed by atoms with Crippen molar-refractivity contribution in [3.05, 3.63) is 64.7 Å². The van der Waals surface area contributed by atoms with E-state index in [2.05, 4.69) is 26.0 Å². The molecular weight excluding hydrogens is 256 g/mol. The summed E-state index contributed by atoms with van der Waals surface area (Å²) < 4.78 is 0. The second-order valence-corrected chi connectivity index (χ2v) is 5.37. The number of nitrogens with two attached hydrogens (primary N) is 1. The predicted molar refractivity (Wildman–Crippen MR) is 82.4 cm³/mol. The number of halogens is 1. The molecule has 0 aromatic heterocycles. The van der Waals surface area contributed by atoms with Crippen LogP contribution in [0, 0.1) is 0 Å². The number of benzene rings is 2. The van der Waals surface area contributed by atoms with Gasteiger partial charge in [0, 0.05) is 5.02 Å². The van der Waals surface area contributed by atoms with Crippen molar-refractivity contribution < 1.29 is 0 Å². The lowest BCUT2D eigenvalue weighted by Crippen LogP contribution is -2.30. The van der Waals surface area contributed by atoms with Crippen molar-refractivity contribution >= 4 is 17.3 Å². The van der Waals surface area contributed by atoms with Gasteiger partial charge in [-0.1, -0.05) is 55.8 Å². The van der Waals surface area contributed by atoms with Gasteiger partial charge >= 0.3 is 0 Å². The van der Waals surface area contributed by atoms with Gasteiger partial charge in [0.2, 0.25) is 0 Å². The fourth-order valence-electron chi connectivity index (χ4n) is 1.95. The number of hydrogen-bond acceptors (Lipinski definition) is 2. The van der Waals surface area contributed by atoms with Crippen molar-refractivity contribution in [2.75, 3.05) is 5.01 Å². The lowest BCUT2D eigenvalue weighted by atomic mass is 10.0. The van der Waals surface area contributed by atoms with Gasteiger partial charge in [0.1, 0.15) is 0 Å². The Morgan fingerprint density at radius 2 is 1.68 bits per heavy atom. The number of anilines is 1. The minimum Gasteiger partial charge on any atom is -0.307 e. The van der Waals surface area contributed by atoms with Crippen molar-refractivity contribution in [2.45, 2.75) is 26.3 Å². The molecular formula is C16H19ClN2. The summed E-state index contributed by atoms with van der Waals surface area (Å²) in [4.78, 5) is 0. The molecule has 0 saturated heterocycles. The minimum atomic E-state index is 0.531. The van der Waals surface area contributed by atoms with E-state index >= 15 is 0 Å². The third kappa shape index (κ3) is 3.49. The van der Waals surface area contributed by atoms with E-state index in [0.717, 1.165) is 16.3 Å². The molecule has 0 saturated carbocycles. The molecule has 0 unspecified atom stereocenters. The molecule has 2 rings (SSSR count). The van der Waals surface area contributed by atoms with E-state index in [9.17, 15) is 0 Å². The Morgan fingerprint density at radius 1 is 1.05 bits per heavy atom. The van der Waals surface area contributed by atoms with Gasteiger partial charge in [-0.05, 0) is 35.2 Å². The maximum absolute atomic E-state index is 6.14. The van der Waals surface area contributed by atoms with Crippen LogP contribution in [0.4, 0.5) is 5.69 Å². The zero-order chi connectivity index (χ0) is 13.8. The quantitative estimate of drug-likeness (QED) is 0.664. The summed E-state index contributed by atoms with van der Waals surface area (Å²) in [5.74, 6) is 6.63. The van der Waals surface area contributed by atoms with Crippen LogP contribution in [-0.4, -0.2) is 0 Å². The molecule has 0 fully saturated rings. The number of hydrogen-bond donors (Lipinski definition) is 1. The third-order valence-electron chi connectivity index (χ3n) is 3.19. The van der Waals surface area contributed by atoms with Gasteiger partial charge in [-0.3, -0.25) is 0 Å². The van der Waals surface area contributed by atoms with Crippen LogP contribution in [0.25, 0.3) is 0 Å². The molecule has 100 valence electrons. The maximum atomic E-state index is 6.14. The first-order valence-electron chi connectivity index (χ1n) is 6.43. The van der Waals surface area contributed by atoms with Crippen molar-refractivity contribution in [3.63, 3.8) is 0 Å². The molecule has 0 heterocycles. The lowest BCUT2D eigenvalue weighted by Gasteiger charge is -2.20. The number of hydrazine groups is 1. The van der Waals surface area contributed by atoms with E-state index in [1.807, 2.05) is 36.4 Å². The van der Waals surface area contributed by atoms with Gasteiger partial charge in [0.25, 0.3) is 0 Å². The molecule has 0 aliphatic carbocycles. The van der Waals surface area contributed by atoms with Crippen LogP contribution >= 0.6 is 11.6 Å². The Balaban J connectivity index is 2.12. The first-order valence-corrected chi connectivity index (χ1v) is 6.81. The van der Waals surface area contributed by atoms with E-state index < -0.39 is 0 Å². The molecule has 3 heteroatoms. The van der Waals surface area contributed by atoms with Gasteiger partial charge < -0.3 is 5.01 Å². The molecule has 0 aliphatic heterocycles. The molecule has 2 aromatic rings. The molecule has 0 spiro atoms. The van der Waals surface area contributed by atoms with Crippen molar-refractivity contribution in [2.24, 2.45) is 5.84 Å². The zero-order valence-electron chi connectivity index (χ0n) is 11.3. The van der Waals surface area contributed by atoms with Crippen molar-refractivity contribution in [1.82, 2.24) is 0 Å². The highest BCUT2D eigenvalue weighted by atomic mass is 35.5. The molecule has 0 radical (unpaired) electrons. The van der Waals surface area contributed by atoms with Crippen molar-refractivity contribution in [3.8, 4) is 0 Å². The third-order valence-corrected chi connectivity index (χ3v) is 3.56. The molecule has 0 bridgehead atoms. The standard InChI is InChI=1S/C16H19ClN2/c1-12(2)13-7-9-15(10-8-13)19(18)11-14-5-3-4-6-16(14)17/h3-10,12H,11,18H2,1-2H3. The Bertz CT molecular complexity index is 535. The number of nitrogens with zero attached hydrogens (tertiary/aromatic N) is 1. The van der Waals surface area contributed by atoms with E-state index in [-0.39, 0.29) is 0 Å². The summed E-state index contributed by atoms with van der Waals surface area (Å²) in [6.45, 7) is 4.96. The Hall–Kier alpha value is -1.51. The zero-order valence-corrected chi connectivity index (χ0v) is 12.1. The Morgan fingerprint density at radius 3 is 2.26 bits per heavy atom. The average Bonchev–Trinajstić information content (AvgIpc) is 2.41. The fraction of sp³-hybridized carbons (Fsp3) is 0.250. The smallest absolute Gasteiger partial charge is 0.0607 e. The topological polar surface area (TPSA) is 29.3 Å². The van der Waals surface area contributed by atoms with E-state index in [0.29, 0.717) is 12.5 Å². The Labute approximate surface area is 119 Å². The van der Waals surface area contributed by atoms with Gasteiger partial charge in [-0.2, -0.15) is 0 Å². The van der Waals surface area contributed by atoms with E-state index in [1.54, 1.807) is 5.01 Å². The van der Waals surface area contributed by atoms with Gasteiger partial charge in [-0.25, -0.2) is 5.84 Å². The molecule has 0 amide bonds. The lowest BCUT2D eigenvalue weighted by molar-refractivity contribution is 0.843. The van der Waals surface area contributed by atoms with Crippen LogP contribution < -0.4 is 10.9 Å². The molecule has 2 nitrogen and oxygen atoms in total. The highest BCUT2D eigenvalue weighted by Crippen LogP contribution is 2.22. The summed E-state index contributed by atoms with van der Waals surface area (Å²) in [6.07, 6.45) is 0. The maximum Gasteiger partial charge on any atom is 0.0607 e. The second-order valence-electron chi connectivity index (χ2n) is 4.97. The van der Waals surface area contributed by atoms with Crippen LogP contribution in [0.5, 0.6) is 0 Å². The summed E-state index contributed by atoms with van der Waals surface area (Å²) in [7, 11) is 0. The normalized spacial score (nSPS) is 10.8. The fourth-order valence-corrected chi connectivity index (χ4v) is 2.15. The Kier molecular flexibility index (Phi) is 4.46. The van der Waals surface area contributed by atoms with E-state index in [1.165, 1.54) is 5.56 Å². The minimum absolute atomic E-state index is 0.531. The number of rotatable bonds is 4. The average molecular weight is 275 g/mol. The van der Waals surface area contributed by atoms with Gasteiger partial charge in [0.05, 0.1) is 12.2 Å². The first kappa shape index (κ1) is 13.9. The van der Waals surface area contributed by atoms with E-state index in [4.69, 9.17) is 17.4 Å². The molecule has 2 aromatic carbocycles. The van der Waals surface area contributed by atoms with Crippen LogP contribution in [0.2, 0.25) is 5.02 Å². The highest BCUT2D eigenvalue weighted by molar-refractivity contribution is 6.31. The molecule has 19 heavy (non-hydrogen) atoms. The SMILES string of the molecule is CC(C)c1ccc(N(N)Cc2ccccc2Cl)cc1. The largest absolute Gasteiger partial charge is 0.307 e. The summed E-state index contributed by atoms with van der Waals surface area (Å²) in [5.41, 5.74) is 3.33. The summed E-state index contributed by atoms with van der Waals surface area (Å²) in [6, 6.07) is 16.1. The molecule has 0 aliphatic rings. The van der Waals surface area contributed by atoms with Crippen LogP contribution in [0.3, 0.4) is 0 Å². The first-order chi connectivity index (χ1) is 9.08. The van der Waals surface area contributed by atoms with Crippen LogP contribution in [-0.2, 0) is 6.54 Å². The highest BCUT2D eigenvalue weighted by Gasteiger charge is 2.06. The predicted octanol–water partition coefficient (Wildman–Crippen LogP) is 4.34. The van der Waals surface area contributed by atoms with Crippen LogP contribution in [0.15, 0.2) is 48.5 Å². The van der Waals surface area contributed by atoms with Crippen molar-refractivity contribution in [1.29, 1.82) is 0 Å². The van der Waals surface area contributed by atoms with Gasteiger partial charge in [0.15, 0.2) is 0 Å². The molecule has 0 atom stereocenters. The summed E-state index contributed by atoms with van der Waals surface area (Å²) in [5, 5.41) is 2.46.